The topological polar surface area (TPSA) is 104 Å². The Hall–Kier alpha value is -2.41. The van der Waals surface area contributed by atoms with Crippen LogP contribution in [0.25, 0.3) is 11.0 Å². The smallest absolute Gasteiger partial charge is 0.332 e. The molecule has 1 heterocycles. The number of carboxylic acids is 1. The van der Waals surface area contributed by atoms with Crippen molar-refractivity contribution in [2.24, 2.45) is 0 Å². The number of aliphatic hydroxyl groups is 1. The van der Waals surface area contributed by atoms with Crippen LogP contribution in [0.4, 0.5) is 0 Å². The standard InChI is InChI=1S/C14H17N3O4/c18-12(14(20)21)5-7-15-13(19)6-8-17-9-16-10-3-1-2-4-11(10)17/h1-4,9,12,18H,5-8H2,(H,15,19)(H,20,21). The lowest BCUT2D eigenvalue weighted by molar-refractivity contribution is -0.147. The number of rotatable bonds is 7. The zero-order valence-electron chi connectivity index (χ0n) is 11.4. The fourth-order valence-corrected chi connectivity index (χ4v) is 1.97. The predicted octanol–water partition coefficient (Wildman–Crippen LogP) is 0.378. The summed E-state index contributed by atoms with van der Waals surface area (Å²) in [7, 11) is 0. The molecule has 2 aromatic rings. The number of aliphatic carboxylic acids is 1. The van der Waals surface area contributed by atoms with E-state index in [1.54, 1.807) is 6.33 Å². The van der Waals surface area contributed by atoms with Crippen LogP contribution in [0.15, 0.2) is 30.6 Å². The lowest BCUT2D eigenvalue weighted by Crippen LogP contribution is -2.30. The average Bonchev–Trinajstić information content (AvgIpc) is 2.88. The molecule has 0 radical (unpaired) electrons. The van der Waals surface area contributed by atoms with Crippen LogP contribution in [-0.4, -0.2) is 44.3 Å². The maximum Gasteiger partial charge on any atom is 0.332 e. The van der Waals surface area contributed by atoms with Gasteiger partial charge < -0.3 is 20.1 Å². The second kappa shape index (κ2) is 6.85. The zero-order valence-corrected chi connectivity index (χ0v) is 11.4. The van der Waals surface area contributed by atoms with E-state index in [1.807, 2.05) is 28.8 Å². The van der Waals surface area contributed by atoms with Gasteiger partial charge >= 0.3 is 5.97 Å². The summed E-state index contributed by atoms with van der Waals surface area (Å²) in [5.41, 5.74) is 1.84. The Morgan fingerprint density at radius 1 is 1.33 bits per heavy atom. The van der Waals surface area contributed by atoms with Crippen molar-refractivity contribution in [2.75, 3.05) is 6.54 Å². The van der Waals surface area contributed by atoms with Crippen LogP contribution in [0.5, 0.6) is 0 Å². The van der Waals surface area contributed by atoms with Gasteiger partial charge in [0.2, 0.25) is 5.91 Å². The fraction of sp³-hybridized carbons (Fsp3) is 0.357. The van der Waals surface area contributed by atoms with Crippen molar-refractivity contribution in [1.82, 2.24) is 14.9 Å². The van der Waals surface area contributed by atoms with Gasteiger partial charge in [0.25, 0.3) is 0 Å². The van der Waals surface area contributed by atoms with Crippen LogP contribution < -0.4 is 5.32 Å². The van der Waals surface area contributed by atoms with Gasteiger partial charge in [-0.1, -0.05) is 12.1 Å². The number of carbonyl (C=O) groups is 2. The van der Waals surface area contributed by atoms with Crippen molar-refractivity contribution >= 4 is 22.9 Å². The van der Waals surface area contributed by atoms with Gasteiger partial charge in [-0.3, -0.25) is 4.79 Å². The van der Waals surface area contributed by atoms with E-state index in [1.165, 1.54) is 0 Å². The van der Waals surface area contributed by atoms with Gasteiger partial charge in [-0.2, -0.15) is 0 Å². The van der Waals surface area contributed by atoms with E-state index in [9.17, 15) is 9.59 Å². The Morgan fingerprint density at radius 3 is 2.86 bits per heavy atom. The lowest BCUT2D eigenvalue weighted by Gasteiger charge is -2.08. The molecule has 0 aliphatic carbocycles. The van der Waals surface area contributed by atoms with Gasteiger partial charge in [0.15, 0.2) is 6.10 Å². The number of para-hydroxylation sites is 2. The highest BCUT2D eigenvalue weighted by atomic mass is 16.4. The third-order valence-electron chi connectivity index (χ3n) is 3.13. The summed E-state index contributed by atoms with van der Waals surface area (Å²) in [5.74, 6) is -1.47. The number of nitrogens with one attached hydrogen (secondary N) is 1. The Bertz CT molecular complexity index is 638. The summed E-state index contributed by atoms with van der Waals surface area (Å²) < 4.78 is 1.89. The van der Waals surface area contributed by atoms with Crippen LogP contribution in [0.3, 0.4) is 0 Å². The molecule has 1 unspecified atom stereocenters. The molecule has 0 saturated heterocycles. The highest BCUT2D eigenvalue weighted by Crippen LogP contribution is 2.11. The summed E-state index contributed by atoms with van der Waals surface area (Å²) in [6, 6.07) is 7.65. The summed E-state index contributed by atoms with van der Waals surface area (Å²) >= 11 is 0. The molecule has 1 amide bonds. The second-order valence-electron chi connectivity index (χ2n) is 4.67. The molecule has 1 aromatic carbocycles. The molecule has 2 rings (SSSR count). The SMILES string of the molecule is O=C(CCn1cnc2ccccc21)NCCC(O)C(=O)O. The molecule has 1 atom stereocenters. The number of imidazole rings is 1. The molecule has 0 aliphatic heterocycles. The van der Waals surface area contributed by atoms with Crippen molar-refractivity contribution in [1.29, 1.82) is 0 Å². The van der Waals surface area contributed by atoms with Crippen LogP contribution in [0, 0.1) is 0 Å². The number of carboxylic acid groups (broad SMARTS) is 1. The number of aromatic nitrogens is 2. The van der Waals surface area contributed by atoms with Gasteiger partial charge in [0.05, 0.1) is 17.4 Å². The van der Waals surface area contributed by atoms with Gasteiger partial charge in [-0.05, 0) is 12.1 Å². The molecule has 7 heteroatoms. The monoisotopic (exact) mass is 291 g/mol. The van der Waals surface area contributed by atoms with Crippen molar-refractivity contribution in [2.45, 2.75) is 25.5 Å². The van der Waals surface area contributed by atoms with E-state index in [2.05, 4.69) is 10.3 Å². The van der Waals surface area contributed by atoms with Crippen molar-refractivity contribution in [3.8, 4) is 0 Å². The minimum Gasteiger partial charge on any atom is -0.479 e. The molecule has 112 valence electrons. The number of hydrogen-bond acceptors (Lipinski definition) is 4. The Labute approximate surface area is 121 Å². The third-order valence-corrected chi connectivity index (χ3v) is 3.13. The van der Waals surface area contributed by atoms with Crippen LogP contribution >= 0.6 is 0 Å². The van der Waals surface area contributed by atoms with E-state index < -0.39 is 12.1 Å². The largest absolute Gasteiger partial charge is 0.479 e. The number of nitrogens with zero attached hydrogens (tertiary/aromatic N) is 2. The number of aryl methyl sites for hydroxylation is 1. The molecular formula is C14H17N3O4. The molecule has 0 bridgehead atoms. The first-order valence-corrected chi connectivity index (χ1v) is 6.65. The minimum atomic E-state index is -1.44. The molecule has 1 aromatic heterocycles. The van der Waals surface area contributed by atoms with Crippen molar-refractivity contribution in [3.05, 3.63) is 30.6 Å². The Balaban J connectivity index is 1.78. The molecule has 3 N–H and O–H groups in total. The van der Waals surface area contributed by atoms with Gasteiger partial charge in [-0.25, -0.2) is 9.78 Å². The number of amides is 1. The second-order valence-corrected chi connectivity index (χ2v) is 4.67. The molecular weight excluding hydrogens is 274 g/mol. The van der Waals surface area contributed by atoms with E-state index in [4.69, 9.17) is 10.2 Å². The van der Waals surface area contributed by atoms with Crippen LogP contribution in [0.1, 0.15) is 12.8 Å². The molecule has 0 spiro atoms. The van der Waals surface area contributed by atoms with E-state index >= 15 is 0 Å². The zero-order chi connectivity index (χ0) is 15.2. The van der Waals surface area contributed by atoms with Crippen LogP contribution in [0.2, 0.25) is 0 Å². The normalized spacial score (nSPS) is 12.2. The predicted molar refractivity (Wildman–Crippen MR) is 75.6 cm³/mol. The molecule has 0 aliphatic rings. The van der Waals surface area contributed by atoms with Gasteiger partial charge in [0.1, 0.15) is 0 Å². The van der Waals surface area contributed by atoms with Gasteiger partial charge in [0, 0.05) is 25.9 Å². The summed E-state index contributed by atoms with van der Waals surface area (Å²) in [6.07, 6.45) is 0.507. The maximum absolute atomic E-state index is 11.7. The third kappa shape index (κ3) is 4.03. The van der Waals surface area contributed by atoms with E-state index in [0.29, 0.717) is 6.54 Å². The fourth-order valence-electron chi connectivity index (χ4n) is 1.97. The Morgan fingerprint density at radius 2 is 2.10 bits per heavy atom. The summed E-state index contributed by atoms with van der Waals surface area (Å²) in [5, 5.41) is 20.2. The first-order chi connectivity index (χ1) is 10.1. The molecule has 7 nitrogen and oxygen atoms in total. The van der Waals surface area contributed by atoms with Crippen molar-refractivity contribution < 1.29 is 19.8 Å². The quantitative estimate of drug-likeness (QED) is 0.684. The number of hydrogen-bond donors (Lipinski definition) is 3. The molecule has 0 saturated carbocycles. The van der Waals surface area contributed by atoms with E-state index in [0.717, 1.165) is 11.0 Å². The minimum absolute atomic E-state index is 0.00488. The first kappa shape index (κ1) is 15.0. The van der Waals surface area contributed by atoms with Crippen molar-refractivity contribution in [3.63, 3.8) is 0 Å². The average molecular weight is 291 g/mol. The number of aliphatic hydroxyl groups excluding tert-OH is 1. The lowest BCUT2D eigenvalue weighted by atomic mass is 10.2. The molecule has 21 heavy (non-hydrogen) atoms. The van der Waals surface area contributed by atoms with Gasteiger partial charge in [-0.15, -0.1) is 0 Å². The summed E-state index contributed by atoms with van der Waals surface area (Å²) in [4.78, 5) is 26.3. The maximum atomic E-state index is 11.7. The Kier molecular flexibility index (Phi) is 4.89. The highest BCUT2D eigenvalue weighted by molar-refractivity contribution is 5.77. The highest BCUT2D eigenvalue weighted by Gasteiger charge is 2.12. The number of carbonyl (C=O) groups excluding carboxylic acids is 1. The first-order valence-electron chi connectivity index (χ1n) is 6.65. The molecule has 0 fully saturated rings. The summed E-state index contributed by atoms with van der Waals surface area (Å²) in [6.45, 7) is 0.630. The van der Waals surface area contributed by atoms with Crippen LogP contribution in [-0.2, 0) is 16.1 Å². The van der Waals surface area contributed by atoms with E-state index in [-0.39, 0.29) is 25.3 Å². The number of benzene rings is 1. The number of fused-ring (bicyclic) bond motifs is 1.